The van der Waals surface area contributed by atoms with Crippen LogP contribution in [-0.4, -0.2) is 4.98 Å². The molecule has 1 aromatic carbocycles. The van der Waals surface area contributed by atoms with E-state index in [2.05, 4.69) is 4.98 Å². The minimum Gasteiger partial charge on any atom is -0.487 e. The predicted molar refractivity (Wildman–Crippen MR) is 62.3 cm³/mol. The summed E-state index contributed by atoms with van der Waals surface area (Å²) >= 11 is 1.58. The number of ether oxygens (including phenoxy) is 1. The zero-order chi connectivity index (χ0) is 11.5. The lowest BCUT2D eigenvalue weighted by molar-refractivity contribution is 0.298. The van der Waals surface area contributed by atoms with E-state index in [1.54, 1.807) is 17.4 Å². The molecule has 0 spiro atoms. The molecule has 0 aliphatic heterocycles. The Morgan fingerprint density at radius 3 is 2.88 bits per heavy atom. The third-order valence-corrected chi connectivity index (χ3v) is 3.01. The number of benzene rings is 1. The summed E-state index contributed by atoms with van der Waals surface area (Å²) in [4.78, 5) is 4.28. The molecule has 1 aromatic heterocycles. The number of nitrogens with zero attached hydrogens (tertiary/aromatic N) is 1. The number of hydrogen-bond donors (Lipinski definition) is 0. The van der Waals surface area contributed by atoms with Crippen LogP contribution in [0.3, 0.4) is 0 Å². The normalized spacial score (nSPS) is 10.4. The van der Waals surface area contributed by atoms with E-state index in [4.69, 9.17) is 4.74 Å². The number of aromatic nitrogens is 1. The van der Waals surface area contributed by atoms with Crippen molar-refractivity contribution in [3.05, 3.63) is 45.7 Å². The van der Waals surface area contributed by atoms with Crippen LogP contribution in [0.4, 0.5) is 4.39 Å². The molecular weight excluding hydrogens is 225 g/mol. The van der Waals surface area contributed by atoms with Gasteiger partial charge in [-0.25, -0.2) is 9.37 Å². The maximum Gasteiger partial charge on any atom is 0.131 e. The molecule has 0 unspecified atom stereocenters. The molecule has 0 fully saturated rings. The molecule has 0 aliphatic rings. The maximum atomic E-state index is 13.0. The molecule has 1 heterocycles. The summed E-state index contributed by atoms with van der Waals surface area (Å²) in [6, 6.07) is 4.53. The Labute approximate surface area is 97.7 Å². The molecule has 2 rings (SSSR count). The van der Waals surface area contributed by atoms with E-state index in [-0.39, 0.29) is 5.82 Å². The summed E-state index contributed by atoms with van der Waals surface area (Å²) in [5.41, 5.74) is 1.81. The molecular formula is C12H12FNOS. The molecule has 2 nitrogen and oxygen atoms in total. The molecule has 0 saturated carbocycles. The Hall–Kier alpha value is -1.42. The summed E-state index contributed by atoms with van der Waals surface area (Å²) < 4.78 is 18.5. The highest BCUT2D eigenvalue weighted by Crippen LogP contribution is 2.20. The van der Waals surface area contributed by atoms with Gasteiger partial charge in [-0.2, -0.15) is 0 Å². The lowest BCUT2D eigenvalue weighted by Crippen LogP contribution is -1.97. The first-order chi connectivity index (χ1) is 7.65. The lowest BCUT2D eigenvalue weighted by Gasteiger charge is -2.07. The molecule has 0 radical (unpaired) electrons. The number of rotatable bonds is 3. The molecule has 0 N–H and O–H groups in total. The molecule has 16 heavy (non-hydrogen) atoms. The van der Waals surface area contributed by atoms with E-state index in [9.17, 15) is 4.39 Å². The highest BCUT2D eigenvalue weighted by molar-refractivity contribution is 7.09. The molecule has 0 aliphatic carbocycles. The van der Waals surface area contributed by atoms with Gasteiger partial charge in [-0.05, 0) is 25.5 Å². The Kier molecular flexibility index (Phi) is 3.19. The average molecular weight is 237 g/mol. The first-order valence-corrected chi connectivity index (χ1v) is 5.83. The zero-order valence-electron chi connectivity index (χ0n) is 9.16. The van der Waals surface area contributed by atoms with E-state index >= 15 is 0 Å². The third kappa shape index (κ3) is 2.58. The minimum atomic E-state index is -0.282. The summed E-state index contributed by atoms with van der Waals surface area (Å²) in [7, 11) is 0. The second-order valence-electron chi connectivity index (χ2n) is 3.56. The van der Waals surface area contributed by atoms with Gasteiger partial charge < -0.3 is 4.74 Å². The number of aryl methyl sites for hydroxylation is 2. The summed E-state index contributed by atoms with van der Waals surface area (Å²) in [6.45, 7) is 4.22. The Morgan fingerprint density at radius 2 is 2.19 bits per heavy atom. The van der Waals surface area contributed by atoms with Crippen LogP contribution in [0.15, 0.2) is 23.6 Å². The SMILES string of the molecule is Cc1nc(COc2cc(F)ccc2C)cs1. The van der Waals surface area contributed by atoms with Crippen LogP contribution in [0.5, 0.6) is 5.75 Å². The molecule has 0 amide bonds. The Bertz CT molecular complexity index is 496. The van der Waals surface area contributed by atoms with Gasteiger partial charge in [-0.1, -0.05) is 6.07 Å². The second-order valence-corrected chi connectivity index (χ2v) is 4.62. The fourth-order valence-corrected chi connectivity index (χ4v) is 1.95. The highest BCUT2D eigenvalue weighted by Gasteiger charge is 2.03. The van der Waals surface area contributed by atoms with Crippen molar-refractivity contribution in [3.63, 3.8) is 0 Å². The quantitative estimate of drug-likeness (QED) is 0.815. The highest BCUT2D eigenvalue weighted by atomic mass is 32.1. The van der Waals surface area contributed by atoms with Crippen LogP contribution in [0.1, 0.15) is 16.3 Å². The lowest BCUT2D eigenvalue weighted by atomic mass is 10.2. The number of hydrogen-bond acceptors (Lipinski definition) is 3. The van der Waals surface area contributed by atoms with Gasteiger partial charge in [-0.3, -0.25) is 0 Å². The van der Waals surface area contributed by atoms with E-state index in [1.807, 2.05) is 19.2 Å². The van der Waals surface area contributed by atoms with E-state index in [0.717, 1.165) is 16.3 Å². The second kappa shape index (κ2) is 4.61. The summed E-state index contributed by atoms with van der Waals surface area (Å²) in [5, 5.41) is 2.96. The summed E-state index contributed by atoms with van der Waals surface area (Å²) in [6.07, 6.45) is 0. The van der Waals surface area contributed by atoms with E-state index in [0.29, 0.717) is 12.4 Å². The Morgan fingerprint density at radius 1 is 1.38 bits per heavy atom. The smallest absolute Gasteiger partial charge is 0.131 e. The first-order valence-electron chi connectivity index (χ1n) is 4.95. The van der Waals surface area contributed by atoms with E-state index < -0.39 is 0 Å². The fraction of sp³-hybridized carbons (Fsp3) is 0.250. The van der Waals surface area contributed by atoms with Crippen molar-refractivity contribution in [3.8, 4) is 5.75 Å². The van der Waals surface area contributed by atoms with Crippen LogP contribution in [-0.2, 0) is 6.61 Å². The van der Waals surface area contributed by atoms with Gasteiger partial charge in [0.2, 0.25) is 0 Å². The van der Waals surface area contributed by atoms with E-state index in [1.165, 1.54) is 12.1 Å². The molecule has 0 atom stereocenters. The molecule has 2 aromatic rings. The predicted octanol–water partition coefficient (Wildman–Crippen LogP) is 3.48. The van der Waals surface area contributed by atoms with Crippen molar-refractivity contribution in [2.75, 3.05) is 0 Å². The monoisotopic (exact) mass is 237 g/mol. The van der Waals surface area contributed by atoms with Crippen LogP contribution in [0.25, 0.3) is 0 Å². The van der Waals surface area contributed by atoms with Crippen LogP contribution >= 0.6 is 11.3 Å². The van der Waals surface area contributed by atoms with Crippen molar-refractivity contribution in [2.24, 2.45) is 0 Å². The number of halogens is 1. The average Bonchev–Trinajstić information content (AvgIpc) is 2.66. The topological polar surface area (TPSA) is 22.1 Å². The van der Waals surface area contributed by atoms with Gasteiger partial charge in [0.25, 0.3) is 0 Å². The van der Waals surface area contributed by atoms with Gasteiger partial charge in [0.15, 0.2) is 0 Å². The Balaban J connectivity index is 2.07. The zero-order valence-corrected chi connectivity index (χ0v) is 9.97. The molecule has 84 valence electrons. The fourth-order valence-electron chi connectivity index (χ4n) is 1.36. The third-order valence-electron chi connectivity index (χ3n) is 2.19. The van der Waals surface area contributed by atoms with Gasteiger partial charge in [0.05, 0.1) is 10.7 Å². The van der Waals surface area contributed by atoms with Crippen molar-refractivity contribution < 1.29 is 9.13 Å². The maximum absolute atomic E-state index is 13.0. The number of thiazole rings is 1. The first kappa shape index (κ1) is 11.1. The molecule has 4 heteroatoms. The largest absolute Gasteiger partial charge is 0.487 e. The van der Waals surface area contributed by atoms with Crippen LogP contribution < -0.4 is 4.74 Å². The molecule has 0 saturated heterocycles. The van der Waals surface area contributed by atoms with Crippen LogP contribution in [0.2, 0.25) is 0 Å². The minimum absolute atomic E-state index is 0.282. The molecule has 0 bridgehead atoms. The standard InChI is InChI=1S/C12H12FNOS/c1-8-3-4-10(13)5-12(8)15-6-11-7-16-9(2)14-11/h3-5,7H,6H2,1-2H3. The summed E-state index contributed by atoms with van der Waals surface area (Å²) in [5.74, 6) is 0.292. The van der Waals surface area contributed by atoms with Crippen molar-refractivity contribution in [1.82, 2.24) is 4.98 Å². The van der Waals surface area contributed by atoms with Crippen LogP contribution in [0, 0.1) is 19.7 Å². The van der Waals surface area contributed by atoms with Gasteiger partial charge >= 0.3 is 0 Å². The van der Waals surface area contributed by atoms with Gasteiger partial charge in [-0.15, -0.1) is 11.3 Å². The van der Waals surface area contributed by atoms with Crippen molar-refractivity contribution >= 4 is 11.3 Å². The van der Waals surface area contributed by atoms with Crippen molar-refractivity contribution in [2.45, 2.75) is 20.5 Å². The van der Waals surface area contributed by atoms with Gasteiger partial charge in [0, 0.05) is 11.4 Å². The van der Waals surface area contributed by atoms with Gasteiger partial charge in [0.1, 0.15) is 18.2 Å². The van der Waals surface area contributed by atoms with Crippen molar-refractivity contribution in [1.29, 1.82) is 0 Å².